The van der Waals surface area contributed by atoms with Crippen LogP contribution < -0.4 is 11.5 Å². The third-order valence-electron chi connectivity index (χ3n) is 4.36. The molecule has 2 atom stereocenters. The molecule has 0 fully saturated rings. The van der Waals surface area contributed by atoms with Gasteiger partial charge in [0.15, 0.2) is 11.7 Å². The normalized spacial score (nSPS) is 25.2. The molecule has 2 aromatic carbocycles. The minimum Gasteiger partial charge on any atom is -0.381 e. The monoisotopic (exact) mass is 337 g/mol. The number of nitrogens with two attached hydrogens (primary N) is 2. The molecule has 0 amide bonds. The van der Waals surface area contributed by atoms with Crippen LogP contribution in [0.2, 0.25) is 5.02 Å². The van der Waals surface area contributed by atoms with E-state index in [2.05, 4.69) is 4.99 Å². The summed E-state index contributed by atoms with van der Waals surface area (Å²) in [5, 5.41) is 0.625. The summed E-state index contributed by atoms with van der Waals surface area (Å²) in [7, 11) is 0. The van der Waals surface area contributed by atoms with Crippen molar-refractivity contribution in [3.8, 4) is 0 Å². The smallest absolute Gasteiger partial charge is 0.173 e. The van der Waals surface area contributed by atoms with Gasteiger partial charge in [-0.05, 0) is 23.3 Å². The van der Waals surface area contributed by atoms with E-state index in [9.17, 15) is 0 Å². The standard InChI is InChI=1S/C18H16ClN5/c19-14-8-4-7-13(11-14)18(21)15(12-5-2-1-3-6-12)23-17-16(20)22-9-10-24(17)18/h1-11,15H,21H2,(H2,20,22). The van der Waals surface area contributed by atoms with E-state index in [4.69, 9.17) is 28.1 Å². The molecular formula is C18H16ClN5. The molecule has 4 N–H and O–H groups in total. The maximum Gasteiger partial charge on any atom is 0.173 e. The molecule has 2 unspecified atom stereocenters. The lowest BCUT2D eigenvalue weighted by Crippen LogP contribution is -2.55. The van der Waals surface area contributed by atoms with Gasteiger partial charge in [0.25, 0.3) is 0 Å². The maximum absolute atomic E-state index is 6.93. The van der Waals surface area contributed by atoms with Gasteiger partial charge in [0.1, 0.15) is 11.7 Å². The third-order valence-corrected chi connectivity index (χ3v) is 4.59. The van der Waals surface area contributed by atoms with E-state index in [0.717, 1.165) is 11.1 Å². The van der Waals surface area contributed by atoms with Gasteiger partial charge in [-0.2, -0.15) is 0 Å². The number of fused-ring (bicyclic) bond motifs is 1. The molecule has 0 spiro atoms. The molecule has 2 aromatic rings. The van der Waals surface area contributed by atoms with Crippen LogP contribution in [0.1, 0.15) is 17.2 Å². The zero-order valence-corrected chi connectivity index (χ0v) is 13.6. The highest BCUT2D eigenvalue weighted by atomic mass is 35.5. The van der Waals surface area contributed by atoms with Crippen LogP contribution in [0.5, 0.6) is 0 Å². The Hall–Kier alpha value is -2.63. The van der Waals surface area contributed by atoms with Gasteiger partial charge in [-0.25, -0.2) is 4.99 Å². The quantitative estimate of drug-likeness (QED) is 0.884. The summed E-state index contributed by atoms with van der Waals surface area (Å²) in [5.41, 5.74) is 13.9. The minimum absolute atomic E-state index is 0.330. The van der Waals surface area contributed by atoms with Crippen molar-refractivity contribution in [3.05, 3.63) is 83.1 Å². The Morgan fingerprint density at radius 3 is 2.62 bits per heavy atom. The van der Waals surface area contributed by atoms with Crippen LogP contribution in [0.3, 0.4) is 0 Å². The maximum atomic E-state index is 6.93. The molecule has 0 aromatic heterocycles. The van der Waals surface area contributed by atoms with Crippen molar-refractivity contribution in [1.29, 1.82) is 0 Å². The van der Waals surface area contributed by atoms with Crippen molar-refractivity contribution in [2.24, 2.45) is 21.5 Å². The molecule has 2 aliphatic heterocycles. The number of hydrogen-bond donors (Lipinski definition) is 2. The lowest BCUT2D eigenvalue weighted by molar-refractivity contribution is 0.223. The van der Waals surface area contributed by atoms with Crippen LogP contribution in [0.25, 0.3) is 0 Å². The average molecular weight is 338 g/mol. The summed E-state index contributed by atoms with van der Waals surface area (Å²) >= 11 is 6.20. The Morgan fingerprint density at radius 2 is 1.88 bits per heavy atom. The van der Waals surface area contributed by atoms with Gasteiger partial charge in [0.2, 0.25) is 0 Å². The second-order valence-electron chi connectivity index (χ2n) is 5.78. The van der Waals surface area contributed by atoms with E-state index >= 15 is 0 Å². The zero-order valence-electron chi connectivity index (χ0n) is 12.8. The van der Waals surface area contributed by atoms with Crippen molar-refractivity contribution in [2.75, 3.05) is 0 Å². The molecular weight excluding hydrogens is 322 g/mol. The summed E-state index contributed by atoms with van der Waals surface area (Å²) < 4.78 is 0. The Labute approximate surface area is 145 Å². The summed E-state index contributed by atoms with van der Waals surface area (Å²) in [4.78, 5) is 10.8. The molecule has 0 saturated heterocycles. The molecule has 2 heterocycles. The molecule has 120 valence electrons. The fourth-order valence-electron chi connectivity index (χ4n) is 3.21. The molecule has 0 bridgehead atoms. The van der Waals surface area contributed by atoms with Crippen LogP contribution in [-0.2, 0) is 5.66 Å². The number of amidine groups is 2. The second-order valence-corrected chi connectivity index (χ2v) is 6.22. The summed E-state index contributed by atoms with van der Waals surface area (Å²) in [6, 6.07) is 17.1. The number of benzene rings is 2. The van der Waals surface area contributed by atoms with Gasteiger partial charge >= 0.3 is 0 Å². The first-order chi connectivity index (χ1) is 11.6. The molecule has 0 radical (unpaired) electrons. The number of nitrogens with zero attached hydrogens (tertiary/aromatic N) is 3. The van der Waals surface area contributed by atoms with Crippen molar-refractivity contribution < 1.29 is 0 Å². The molecule has 6 heteroatoms. The Morgan fingerprint density at radius 1 is 1.08 bits per heavy atom. The highest BCUT2D eigenvalue weighted by molar-refractivity contribution is 6.41. The molecule has 0 aliphatic carbocycles. The zero-order chi connectivity index (χ0) is 16.7. The van der Waals surface area contributed by atoms with Gasteiger partial charge in [-0.15, -0.1) is 0 Å². The van der Waals surface area contributed by atoms with Crippen molar-refractivity contribution in [2.45, 2.75) is 11.7 Å². The van der Waals surface area contributed by atoms with Crippen molar-refractivity contribution in [3.63, 3.8) is 0 Å². The van der Waals surface area contributed by atoms with Gasteiger partial charge in [0.05, 0.1) is 0 Å². The van der Waals surface area contributed by atoms with Gasteiger partial charge in [-0.3, -0.25) is 4.99 Å². The first-order valence-electron chi connectivity index (χ1n) is 7.58. The predicted molar refractivity (Wildman–Crippen MR) is 96.5 cm³/mol. The molecule has 24 heavy (non-hydrogen) atoms. The highest BCUT2D eigenvalue weighted by Crippen LogP contribution is 2.45. The first kappa shape index (κ1) is 14.9. The minimum atomic E-state index is -0.932. The Balaban J connectivity index is 1.92. The van der Waals surface area contributed by atoms with E-state index in [-0.39, 0.29) is 6.04 Å². The molecule has 0 saturated carbocycles. The van der Waals surface area contributed by atoms with Gasteiger partial charge in [-0.1, -0.05) is 54.1 Å². The van der Waals surface area contributed by atoms with Crippen molar-refractivity contribution >= 4 is 23.3 Å². The predicted octanol–water partition coefficient (Wildman–Crippen LogP) is 2.75. The topological polar surface area (TPSA) is 80.0 Å². The highest BCUT2D eigenvalue weighted by Gasteiger charge is 2.50. The summed E-state index contributed by atoms with van der Waals surface area (Å²) in [5.74, 6) is 0.932. The SMILES string of the molecule is NC1=NC=CN2C1=NC(c1ccccc1)C2(N)c1cccc(Cl)c1. The van der Waals surface area contributed by atoms with Crippen LogP contribution in [-0.4, -0.2) is 16.6 Å². The molecule has 2 aliphatic rings. The summed E-state index contributed by atoms with van der Waals surface area (Å²) in [6.45, 7) is 0. The van der Waals surface area contributed by atoms with E-state index in [0.29, 0.717) is 16.7 Å². The number of aliphatic imine (C=N–C) groups is 2. The van der Waals surface area contributed by atoms with E-state index in [1.165, 1.54) is 0 Å². The van der Waals surface area contributed by atoms with Crippen molar-refractivity contribution in [1.82, 2.24) is 4.90 Å². The first-order valence-corrected chi connectivity index (χ1v) is 7.96. The number of halogens is 1. The Kier molecular flexibility index (Phi) is 3.40. The lowest BCUT2D eigenvalue weighted by atomic mass is 9.87. The third kappa shape index (κ3) is 2.13. The average Bonchev–Trinajstić information content (AvgIpc) is 2.91. The van der Waals surface area contributed by atoms with Crippen LogP contribution in [0.4, 0.5) is 0 Å². The van der Waals surface area contributed by atoms with Crippen LogP contribution in [0.15, 0.2) is 77.0 Å². The van der Waals surface area contributed by atoms with E-state index < -0.39 is 5.66 Å². The molecule has 4 rings (SSSR count). The number of rotatable bonds is 2. The van der Waals surface area contributed by atoms with Gasteiger partial charge in [0, 0.05) is 17.4 Å². The lowest BCUT2D eigenvalue weighted by Gasteiger charge is -2.39. The van der Waals surface area contributed by atoms with Crippen LogP contribution >= 0.6 is 11.6 Å². The van der Waals surface area contributed by atoms with Crippen LogP contribution in [0, 0.1) is 0 Å². The fraction of sp³-hybridized carbons (Fsp3) is 0.111. The molecule has 5 nitrogen and oxygen atoms in total. The van der Waals surface area contributed by atoms with E-state index in [1.54, 1.807) is 12.4 Å². The van der Waals surface area contributed by atoms with E-state index in [1.807, 2.05) is 59.5 Å². The number of hydrogen-bond acceptors (Lipinski definition) is 5. The van der Waals surface area contributed by atoms with Gasteiger partial charge < -0.3 is 16.4 Å². The second kappa shape index (κ2) is 5.47. The largest absolute Gasteiger partial charge is 0.381 e. The fourth-order valence-corrected chi connectivity index (χ4v) is 3.40. The Bertz CT molecular complexity index is 874. The summed E-state index contributed by atoms with van der Waals surface area (Å²) in [6.07, 6.45) is 3.44.